The third-order valence-electron chi connectivity index (χ3n) is 2.98. The van der Waals surface area contributed by atoms with Crippen molar-refractivity contribution >= 4 is 5.91 Å². The molecule has 0 saturated heterocycles. The minimum absolute atomic E-state index is 0.0717. The molecule has 0 aromatic carbocycles. The molecule has 1 amide bonds. The molecule has 0 bridgehead atoms. The Morgan fingerprint density at radius 3 is 2.59 bits per heavy atom. The Kier molecular flexibility index (Phi) is 4.75. The van der Waals surface area contributed by atoms with Crippen molar-refractivity contribution in [1.82, 2.24) is 9.88 Å². The molecule has 1 rings (SSSR count). The number of nitrogens with one attached hydrogen (secondary N) is 1. The van der Waals surface area contributed by atoms with Gasteiger partial charge in [-0.15, -0.1) is 0 Å². The molecule has 4 heteroatoms. The van der Waals surface area contributed by atoms with Crippen molar-refractivity contribution in [2.75, 3.05) is 0 Å². The molecule has 0 aliphatic heterocycles. The van der Waals surface area contributed by atoms with Crippen molar-refractivity contribution in [3.8, 4) is 0 Å². The summed E-state index contributed by atoms with van der Waals surface area (Å²) in [5.41, 5.74) is 8.08. The van der Waals surface area contributed by atoms with Crippen LogP contribution in [0.3, 0.4) is 0 Å². The Morgan fingerprint density at radius 2 is 2.12 bits per heavy atom. The number of aromatic nitrogens is 1. The molecule has 96 valence electrons. The lowest BCUT2D eigenvalue weighted by molar-refractivity contribution is -0.122. The zero-order valence-corrected chi connectivity index (χ0v) is 11.2. The van der Waals surface area contributed by atoms with Gasteiger partial charge in [-0.3, -0.25) is 4.79 Å². The van der Waals surface area contributed by atoms with E-state index in [1.165, 1.54) is 5.69 Å². The SMILES string of the molecule is Cc1ccc(CNC(=O)C(N)CC(C)C)n1C. The van der Waals surface area contributed by atoms with Crippen LogP contribution in [0.25, 0.3) is 0 Å². The maximum Gasteiger partial charge on any atom is 0.237 e. The predicted molar refractivity (Wildman–Crippen MR) is 69.4 cm³/mol. The summed E-state index contributed by atoms with van der Waals surface area (Å²) in [4.78, 5) is 11.7. The van der Waals surface area contributed by atoms with Gasteiger partial charge >= 0.3 is 0 Å². The zero-order chi connectivity index (χ0) is 13.0. The Hall–Kier alpha value is -1.29. The lowest BCUT2D eigenvalue weighted by atomic mass is 10.0. The predicted octanol–water partition coefficient (Wildman–Crippen LogP) is 1.32. The van der Waals surface area contributed by atoms with Gasteiger partial charge < -0.3 is 15.6 Å². The molecule has 1 aromatic rings. The molecule has 4 nitrogen and oxygen atoms in total. The topological polar surface area (TPSA) is 60.1 Å². The Balaban J connectivity index is 2.45. The summed E-state index contributed by atoms with van der Waals surface area (Å²) in [6, 6.07) is 3.65. The fourth-order valence-electron chi connectivity index (χ4n) is 1.77. The largest absolute Gasteiger partial charge is 0.350 e. The van der Waals surface area contributed by atoms with Crippen molar-refractivity contribution in [2.45, 2.75) is 39.8 Å². The van der Waals surface area contributed by atoms with E-state index in [0.717, 1.165) is 12.1 Å². The van der Waals surface area contributed by atoms with Gasteiger partial charge in [-0.25, -0.2) is 0 Å². The molecule has 3 N–H and O–H groups in total. The Labute approximate surface area is 103 Å². The fraction of sp³-hybridized carbons (Fsp3) is 0.615. The van der Waals surface area contributed by atoms with Gasteiger partial charge in [-0.2, -0.15) is 0 Å². The highest BCUT2D eigenvalue weighted by molar-refractivity contribution is 5.81. The van der Waals surface area contributed by atoms with Crippen molar-refractivity contribution in [1.29, 1.82) is 0 Å². The number of amides is 1. The molecular weight excluding hydrogens is 214 g/mol. The van der Waals surface area contributed by atoms with Gasteiger partial charge in [-0.05, 0) is 31.4 Å². The molecule has 1 unspecified atom stereocenters. The minimum atomic E-state index is -0.406. The van der Waals surface area contributed by atoms with E-state index >= 15 is 0 Å². The first-order chi connectivity index (χ1) is 7.91. The zero-order valence-electron chi connectivity index (χ0n) is 11.2. The van der Waals surface area contributed by atoms with Crippen LogP contribution in [0.5, 0.6) is 0 Å². The second-order valence-corrected chi connectivity index (χ2v) is 4.98. The maximum atomic E-state index is 11.7. The number of rotatable bonds is 5. The quantitative estimate of drug-likeness (QED) is 0.811. The van der Waals surface area contributed by atoms with E-state index in [-0.39, 0.29) is 5.91 Å². The van der Waals surface area contributed by atoms with E-state index in [2.05, 4.69) is 23.7 Å². The molecule has 1 heterocycles. The number of aryl methyl sites for hydroxylation is 1. The summed E-state index contributed by atoms with van der Waals surface area (Å²) >= 11 is 0. The van der Waals surface area contributed by atoms with E-state index in [4.69, 9.17) is 5.73 Å². The second-order valence-electron chi connectivity index (χ2n) is 4.98. The highest BCUT2D eigenvalue weighted by Crippen LogP contribution is 2.06. The number of hydrogen-bond donors (Lipinski definition) is 2. The van der Waals surface area contributed by atoms with Gasteiger partial charge in [-0.1, -0.05) is 13.8 Å². The highest BCUT2D eigenvalue weighted by atomic mass is 16.2. The summed E-state index contributed by atoms with van der Waals surface area (Å²) in [7, 11) is 1.99. The van der Waals surface area contributed by atoms with Crippen LogP contribution in [0.15, 0.2) is 12.1 Å². The molecule has 1 atom stereocenters. The Morgan fingerprint density at radius 1 is 1.47 bits per heavy atom. The molecule has 0 aliphatic carbocycles. The van der Waals surface area contributed by atoms with Gasteiger partial charge in [0.1, 0.15) is 0 Å². The molecule has 17 heavy (non-hydrogen) atoms. The summed E-state index contributed by atoms with van der Waals surface area (Å²) in [5.74, 6) is 0.366. The van der Waals surface area contributed by atoms with E-state index in [1.807, 2.05) is 26.1 Å². The summed E-state index contributed by atoms with van der Waals surface area (Å²) in [6.07, 6.45) is 0.720. The van der Waals surface area contributed by atoms with Crippen LogP contribution in [0.2, 0.25) is 0 Å². The molecule has 0 fully saturated rings. The molecule has 1 aromatic heterocycles. The van der Waals surface area contributed by atoms with E-state index < -0.39 is 6.04 Å². The van der Waals surface area contributed by atoms with Crippen LogP contribution in [-0.2, 0) is 18.4 Å². The van der Waals surface area contributed by atoms with Crippen LogP contribution >= 0.6 is 0 Å². The first kappa shape index (κ1) is 13.8. The van der Waals surface area contributed by atoms with E-state index in [9.17, 15) is 4.79 Å². The van der Waals surface area contributed by atoms with Crippen LogP contribution in [0.4, 0.5) is 0 Å². The number of carbonyl (C=O) groups excluding carboxylic acids is 1. The van der Waals surface area contributed by atoms with Gasteiger partial charge in [0.15, 0.2) is 0 Å². The number of nitrogens with zero attached hydrogens (tertiary/aromatic N) is 1. The average molecular weight is 237 g/mol. The summed E-state index contributed by atoms with van der Waals surface area (Å²) < 4.78 is 2.06. The minimum Gasteiger partial charge on any atom is -0.350 e. The highest BCUT2D eigenvalue weighted by Gasteiger charge is 2.14. The van der Waals surface area contributed by atoms with Crippen molar-refractivity contribution in [3.05, 3.63) is 23.5 Å². The fourth-order valence-corrected chi connectivity index (χ4v) is 1.77. The summed E-state index contributed by atoms with van der Waals surface area (Å²) in [5, 5.41) is 2.87. The van der Waals surface area contributed by atoms with Crippen molar-refractivity contribution in [3.63, 3.8) is 0 Å². The molecule has 0 spiro atoms. The average Bonchev–Trinajstić information content (AvgIpc) is 2.55. The molecule has 0 aliphatic rings. The molecule has 0 saturated carbocycles. The summed E-state index contributed by atoms with van der Waals surface area (Å²) in [6.45, 7) is 6.70. The van der Waals surface area contributed by atoms with E-state index in [1.54, 1.807) is 0 Å². The first-order valence-electron chi connectivity index (χ1n) is 6.06. The lowest BCUT2D eigenvalue weighted by Gasteiger charge is -2.14. The third kappa shape index (κ3) is 3.89. The van der Waals surface area contributed by atoms with Gasteiger partial charge in [0.25, 0.3) is 0 Å². The monoisotopic (exact) mass is 237 g/mol. The van der Waals surface area contributed by atoms with E-state index in [0.29, 0.717) is 12.5 Å². The third-order valence-corrected chi connectivity index (χ3v) is 2.98. The van der Waals surface area contributed by atoms with Gasteiger partial charge in [0, 0.05) is 18.4 Å². The van der Waals surface area contributed by atoms with Gasteiger partial charge in [0.2, 0.25) is 5.91 Å². The maximum absolute atomic E-state index is 11.7. The molecule has 0 radical (unpaired) electrons. The van der Waals surface area contributed by atoms with Crippen LogP contribution in [0.1, 0.15) is 31.7 Å². The smallest absolute Gasteiger partial charge is 0.237 e. The first-order valence-corrected chi connectivity index (χ1v) is 6.06. The Bertz CT molecular complexity index is 382. The number of hydrogen-bond acceptors (Lipinski definition) is 2. The number of nitrogens with two attached hydrogens (primary N) is 1. The van der Waals surface area contributed by atoms with Crippen LogP contribution in [0, 0.1) is 12.8 Å². The van der Waals surface area contributed by atoms with Crippen LogP contribution in [-0.4, -0.2) is 16.5 Å². The normalized spacial score (nSPS) is 12.8. The van der Waals surface area contributed by atoms with Crippen LogP contribution < -0.4 is 11.1 Å². The standard InChI is InChI=1S/C13H23N3O/c1-9(2)7-12(14)13(17)15-8-11-6-5-10(3)16(11)4/h5-6,9,12H,7-8,14H2,1-4H3,(H,15,17). The molecular formula is C13H23N3O. The van der Waals surface area contributed by atoms with Crippen molar-refractivity contribution in [2.24, 2.45) is 18.7 Å². The number of carbonyl (C=O) groups is 1. The van der Waals surface area contributed by atoms with Gasteiger partial charge in [0.05, 0.1) is 12.6 Å². The second kappa shape index (κ2) is 5.87. The lowest BCUT2D eigenvalue weighted by Crippen LogP contribution is -2.41. The van der Waals surface area contributed by atoms with Crippen molar-refractivity contribution < 1.29 is 4.79 Å².